The molecule has 3 aliphatic heterocycles. The molecule has 12 nitrogen and oxygen atoms in total. The van der Waals surface area contributed by atoms with Gasteiger partial charge in [0.1, 0.15) is 17.2 Å². The predicted octanol–water partition coefficient (Wildman–Crippen LogP) is 4.44. The highest BCUT2D eigenvalue weighted by molar-refractivity contribution is 8.77. The van der Waals surface area contributed by atoms with Crippen LogP contribution in [0.4, 0.5) is 5.82 Å². The molecule has 2 fully saturated rings. The van der Waals surface area contributed by atoms with E-state index in [4.69, 9.17) is 19.6 Å². The van der Waals surface area contributed by atoms with Crippen molar-refractivity contribution in [2.45, 2.75) is 86.4 Å². The second-order valence-corrected chi connectivity index (χ2v) is 18.5. The molecular weight excluding hydrogens is 753 g/mol. The molecule has 0 unspecified atom stereocenters. The molecule has 14 heteroatoms. The van der Waals surface area contributed by atoms with E-state index in [9.17, 15) is 24.3 Å². The van der Waals surface area contributed by atoms with Gasteiger partial charge in [-0.15, -0.1) is 0 Å². The van der Waals surface area contributed by atoms with Gasteiger partial charge in [0.15, 0.2) is 17.0 Å². The van der Waals surface area contributed by atoms with E-state index in [-0.39, 0.29) is 72.2 Å². The summed E-state index contributed by atoms with van der Waals surface area (Å²) < 4.78 is 19.4. The summed E-state index contributed by atoms with van der Waals surface area (Å²) in [4.78, 5) is 60.9. The highest BCUT2D eigenvalue weighted by Gasteiger charge is 2.65. The molecule has 4 N–H and O–H groups in total. The number of nitrogens with one attached hydrogen (secondary N) is 1. The van der Waals surface area contributed by atoms with Gasteiger partial charge in [-0.2, -0.15) is 0 Å². The van der Waals surface area contributed by atoms with Crippen molar-refractivity contribution in [3.63, 3.8) is 0 Å². The third-order valence-corrected chi connectivity index (χ3v) is 15.9. The van der Waals surface area contributed by atoms with E-state index < -0.39 is 28.7 Å². The van der Waals surface area contributed by atoms with Crippen molar-refractivity contribution in [1.82, 2.24) is 15.2 Å². The molecule has 6 aliphatic rings. The number of allylic oxidation sites excluding steroid dienone is 2. The summed E-state index contributed by atoms with van der Waals surface area (Å²) in [5, 5.41) is 14.0. The van der Waals surface area contributed by atoms with Crippen LogP contribution in [0.2, 0.25) is 0 Å². The van der Waals surface area contributed by atoms with Crippen LogP contribution in [0, 0.1) is 11.8 Å². The van der Waals surface area contributed by atoms with E-state index in [1.165, 1.54) is 6.07 Å². The number of carbonyl (C=O) groups is 3. The van der Waals surface area contributed by atoms with Crippen molar-refractivity contribution in [2.75, 3.05) is 25.1 Å². The minimum atomic E-state index is -1.27. The molecule has 9 atom stereocenters. The SMILES string of the molecule is C/C=C(\CCO)C(=O)O[C@]1(C)CC=C2CSS[C@@H]3C[C@@H]4C(=O)C=C[C@H]5[C@@H]([C@H]4NC)[C@@H]3N5C(=O)Cc3cnc(N)cc3[C@H]2[C@]12Cc1cc3ccc(=O)oc3cc1O2. The molecule has 3 aliphatic carbocycles. The lowest BCUT2D eigenvalue weighted by atomic mass is 9.61. The van der Waals surface area contributed by atoms with Gasteiger partial charge < -0.3 is 34.9 Å². The standard InChI is InChI=1S/C42H44N4O8S2/c1-4-21(10-12-47)40(51)54-41(2)11-9-23-20-55-56-32-15-27-29(48)7-6-28-36(38(27)44-3)39(32)46(28)34(49)14-25-19-45-33(43)16-26(25)37(23)42(41)18-24-13-22-5-8-35(50)52-30(22)17-31(24)53-42/h4-9,13,16-17,19,27-28,32,36-39,44,47H,10-12,14-15,18,20H2,1-3H3,(H2,43,45)/b21-4+/t27-,28+,32-,36+,37+,38+,39-,41-,42-/m1/s1. The average molecular weight is 797 g/mol. The van der Waals surface area contributed by atoms with E-state index in [1.807, 2.05) is 37.1 Å². The van der Waals surface area contributed by atoms with Crippen LogP contribution < -0.4 is 21.4 Å². The maximum atomic E-state index is 14.7. The summed E-state index contributed by atoms with van der Waals surface area (Å²) >= 11 is 0. The smallest absolute Gasteiger partial charge is 0.336 e. The zero-order chi connectivity index (χ0) is 39.1. The second-order valence-electron chi connectivity index (χ2n) is 15.9. The Morgan fingerprint density at radius 1 is 1.21 bits per heavy atom. The molecule has 2 bridgehead atoms. The van der Waals surface area contributed by atoms with Crippen LogP contribution in [0.25, 0.3) is 11.0 Å². The number of esters is 1. The molecule has 0 radical (unpaired) electrons. The number of anilines is 1. The number of aliphatic hydroxyl groups is 1. The van der Waals surface area contributed by atoms with E-state index in [2.05, 4.69) is 16.4 Å². The highest BCUT2D eigenvalue weighted by atomic mass is 33.1. The van der Waals surface area contributed by atoms with Crippen LogP contribution in [-0.2, 0) is 32.0 Å². The predicted molar refractivity (Wildman–Crippen MR) is 214 cm³/mol. The zero-order valence-corrected chi connectivity index (χ0v) is 33.0. The number of aromatic nitrogens is 1. The maximum Gasteiger partial charge on any atom is 0.336 e. The van der Waals surface area contributed by atoms with Gasteiger partial charge in [-0.25, -0.2) is 14.6 Å². The zero-order valence-electron chi connectivity index (χ0n) is 31.4. The van der Waals surface area contributed by atoms with Gasteiger partial charge in [0.25, 0.3) is 0 Å². The van der Waals surface area contributed by atoms with Crippen LogP contribution in [0.3, 0.4) is 0 Å². The topological polar surface area (TPSA) is 174 Å². The normalized spacial score (nSPS) is 33.2. The first-order valence-electron chi connectivity index (χ1n) is 19.2. The Balaban J connectivity index is 1.20. The fourth-order valence-electron chi connectivity index (χ4n) is 10.4. The first-order chi connectivity index (χ1) is 27.0. The third-order valence-electron chi connectivity index (χ3n) is 13.0. The number of benzene rings is 1. The number of aliphatic hydroxyl groups excluding tert-OH is 1. The van der Waals surface area contributed by atoms with Crippen molar-refractivity contribution >= 4 is 56.0 Å². The summed E-state index contributed by atoms with van der Waals surface area (Å²) in [5.74, 6) is 0.238. The van der Waals surface area contributed by atoms with Crippen molar-refractivity contribution in [3.05, 3.63) is 99.1 Å². The summed E-state index contributed by atoms with van der Waals surface area (Å²) in [6.45, 7) is 3.41. The van der Waals surface area contributed by atoms with E-state index in [0.29, 0.717) is 47.5 Å². The summed E-state index contributed by atoms with van der Waals surface area (Å²) in [5.41, 5.74) is 7.53. The summed E-state index contributed by atoms with van der Waals surface area (Å²) in [6.07, 6.45) is 10.5. The number of nitrogens with two attached hydrogens (primary N) is 1. The minimum Gasteiger partial charge on any atom is -0.481 e. The number of nitrogen functional groups attached to an aromatic ring is 1. The first kappa shape index (κ1) is 37.2. The van der Waals surface area contributed by atoms with Crippen LogP contribution in [0.5, 0.6) is 5.75 Å². The van der Waals surface area contributed by atoms with E-state index in [1.54, 1.807) is 59.0 Å². The van der Waals surface area contributed by atoms with Crippen molar-refractivity contribution in [3.8, 4) is 5.75 Å². The van der Waals surface area contributed by atoms with Gasteiger partial charge in [-0.3, -0.25) is 9.59 Å². The molecule has 3 aromatic rings. The van der Waals surface area contributed by atoms with Crippen LogP contribution in [-0.4, -0.2) is 86.6 Å². The molecule has 1 saturated carbocycles. The lowest BCUT2D eigenvalue weighted by molar-refractivity contribution is -0.183. The van der Waals surface area contributed by atoms with Gasteiger partial charge in [-0.1, -0.05) is 45.4 Å². The van der Waals surface area contributed by atoms with Crippen LogP contribution in [0.15, 0.2) is 81.2 Å². The van der Waals surface area contributed by atoms with E-state index in [0.717, 1.165) is 22.1 Å². The minimum absolute atomic E-state index is 0.0167. The Labute approximate surface area is 331 Å². The number of nitrogens with zero attached hydrogens (tertiary/aromatic N) is 2. The number of amides is 1. The molecule has 9 rings (SSSR count). The number of ether oxygens (including phenoxy) is 2. The summed E-state index contributed by atoms with van der Waals surface area (Å²) in [7, 11) is 5.36. The number of ketones is 1. The van der Waals surface area contributed by atoms with Gasteiger partial charge in [0.2, 0.25) is 5.91 Å². The number of rotatable bonds is 5. The molecule has 5 heterocycles. The molecular formula is C42H44N4O8S2. The third kappa shape index (κ3) is 5.69. The number of fused-ring (bicyclic) bond motifs is 8. The van der Waals surface area contributed by atoms with Crippen LogP contribution in [0.1, 0.15) is 55.7 Å². The molecule has 56 heavy (non-hydrogen) atoms. The first-order valence-corrected chi connectivity index (χ1v) is 21.5. The van der Waals surface area contributed by atoms with Crippen molar-refractivity contribution in [1.29, 1.82) is 0 Å². The summed E-state index contributed by atoms with van der Waals surface area (Å²) in [6, 6.07) is 8.34. The lowest BCUT2D eigenvalue weighted by Gasteiger charge is -2.62. The van der Waals surface area contributed by atoms with Gasteiger partial charge in [-0.05, 0) is 68.3 Å². The van der Waals surface area contributed by atoms with Gasteiger partial charge in [0, 0.05) is 84.0 Å². The van der Waals surface area contributed by atoms with Crippen molar-refractivity contribution < 1.29 is 33.4 Å². The molecule has 1 saturated heterocycles. The quantitative estimate of drug-likeness (QED) is 0.109. The molecule has 292 valence electrons. The fraction of sp³-hybridized carbons (Fsp3) is 0.452. The Morgan fingerprint density at radius 2 is 2.05 bits per heavy atom. The van der Waals surface area contributed by atoms with Gasteiger partial charge >= 0.3 is 11.6 Å². The second kappa shape index (κ2) is 13.9. The van der Waals surface area contributed by atoms with Gasteiger partial charge in [0.05, 0.1) is 24.4 Å². The molecule has 1 aromatic carbocycles. The fourth-order valence-corrected chi connectivity index (χ4v) is 13.5. The van der Waals surface area contributed by atoms with Crippen molar-refractivity contribution in [2.24, 2.45) is 11.8 Å². The number of pyridine rings is 1. The molecule has 1 spiro atoms. The highest BCUT2D eigenvalue weighted by Crippen LogP contribution is 2.60. The Kier molecular flexibility index (Phi) is 9.26. The molecule has 2 aromatic heterocycles. The molecule has 1 amide bonds. The number of hydrogen-bond donors (Lipinski definition) is 3. The lowest BCUT2D eigenvalue weighted by Crippen LogP contribution is -2.76. The van der Waals surface area contributed by atoms with E-state index >= 15 is 0 Å². The van der Waals surface area contributed by atoms with Crippen LogP contribution >= 0.6 is 21.6 Å². The largest absolute Gasteiger partial charge is 0.481 e. The maximum absolute atomic E-state index is 14.7. The Bertz CT molecular complexity index is 2320. The number of carbonyl (C=O) groups excluding carboxylic acids is 3. The Morgan fingerprint density at radius 3 is 2.84 bits per heavy atom. The average Bonchev–Trinajstić information content (AvgIpc) is 3.53. The monoisotopic (exact) mass is 796 g/mol. The Hall–Kier alpha value is -4.37. The number of hydrogen-bond acceptors (Lipinski definition) is 13.